The minimum atomic E-state index is -3.66. The van der Waals surface area contributed by atoms with Gasteiger partial charge in [0.1, 0.15) is 5.69 Å². The molecule has 0 bridgehead atoms. The number of para-hydroxylation sites is 2. The minimum Gasteiger partial charge on any atom is -0.379 e. The van der Waals surface area contributed by atoms with Crippen LogP contribution in [0.3, 0.4) is 0 Å². The maximum absolute atomic E-state index is 13.0. The Morgan fingerprint density at radius 3 is 2.52 bits per heavy atom. The van der Waals surface area contributed by atoms with Gasteiger partial charge in [0.25, 0.3) is 5.91 Å². The van der Waals surface area contributed by atoms with Crippen molar-refractivity contribution in [3.63, 3.8) is 0 Å². The number of hydrogen-bond acceptors (Lipinski definition) is 6. The van der Waals surface area contributed by atoms with E-state index in [1.807, 2.05) is 18.2 Å². The van der Waals surface area contributed by atoms with Crippen LogP contribution in [0.25, 0.3) is 11.0 Å². The number of carbonyl (C=O) groups excluding carboxylic acids is 1. The first-order chi connectivity index (χ1) is 14.1. The number of morpholine rings is 1. The molecular formula is C20H20N4O4S. The third-order valence-electron chi connectivity index (χ3n) is 4.68. The third kappa shape index (κ3) is 4.12. The molecule has 4 rings (SSSR count). The van der Waals surface area contributed by atoms with Crippen LogP contribution in [-0.4, -0.2) is 54.9 Å². The van der Waals surface area contributed by atoms with E-state index in [9.17, 15) is 13.2 Å². The second-order valence-electron chi connectivity index (χ2n) is 6.55. The van der Waals surface area contributed by atoms with Gasteiger partial charge in [-0.2, -0.15) is 4.31 Å². The number of sulfonamides is 1. The molecule has 0 unspecified atom stereocenters. The van der Waals surface area contributed by atoms with E-state index in [0.29, 0.717) is 42.9 Å². The summed E-state index contributed by atoms with van der Waals surface area (Å²) in [5.41, 5.74) is 2.01. The summed E-state index contributed by atoms with van der Waals surface area (Å²) in [6, 6.07) is 13.9. The molecular weight excluding hydrogens is 392 g/mol. The van der Waals surface area contributed by atoms with Crippen molar-refractivity contribution in [2.75, 3.05) is 26.3 Å². The molecule has 9 heteroatoms. The van der Waals surface area contributed by atoms with Crippen LogP contribution >= 0.6 is 0 Å². The van der Waals surface area contributed by atoms with Crippen LogP contribution in [0, 0.1) is 0 Å². The van der Waals surface area contributed by atoms with Crippen LogP contribution in [-0.2, 0) is 21.3 Å². The first kappa shape index (κ1) is 19.4. The van der Waals surface area contributed by atoms with Crippen molar-refractivity contribution in [3.8, 4) is 0 Å². The summed E-state index contributed by atoms with van der Waals surface area (Å²) in [4.78, 5) is 21.3. The van der Waals surface area contributed by atoms with Crippen LogP contribution in [0.15, 0.2) is 59.6 Å². The van der Waals surface area contributed by atoms with E-state index in [1.54, 1.807) is 30.3 Å². The molecule has 1 aromatic heterocycles. The highest BCUT2D eigenvalue weighted by Gasteiger charge is 2.28. The molecule has 1 fully saturated rings. The number of amides is 1. The minimum absolute atomic E-state index is 0.0626. The van der Waals surface area contributed by atoms with E-state index in [1.165, 1.54) is 10.5 Å². The van der Waals surface area contributed by atoms with E-state index in [0.717, 1.165) is 0 Å². The second-order valence-corrected chi connectivity index (χ2v) is 8.46. The molecule has 2 heterocycles. The summed E-state index contributed by atoms with van der Waals surface area (Å²) in [6.45, 7) is 1.44. The maximum atomic E-state index is 13.0. The van der Waals surface area contributed by atoms with Crippen LogP contribution < -0.4 is 5.32 Å². The SMILES string of the molecule is O=C(NCc1ccccc1S(=O)(=O)N1CCOCC1)c1cnc2ccccc2n1. The van der Waals surface area contributed by atoms with Gasteiger partial charge >= 0.3 is 0 Å². The Morgan fingerprint density at radius 1 is 1.03 bits per heavy atom. The molecule has 3 aromatic rings. The molecule has 1 saturated heterocycles. The Hall–Kier alpha value is -2.88. The Kier molecular flexibility index (Phi) is 5.52. The number of carbonyl (C=O) groups is 1. The fourth-order valence-corrected chi connectivity index (χ4v) is 4.79. The van der Waals surface area contributed by atoms with Crippen molar-refractivity contribution in [1.29, 1.82) is 0 Å². The number of hydrogen-bond donors (Lipinski definition) is 1. The molecule has 0 radical (unpaired) electrons. The van der Waals surface area contributed by atoms with E-state index in [4.69, 9.17) is 4.74 Å². The highest BCUT2D eigenvalue weighted by Crippen LogP contribution is 2.21. The zero-order chi connectivity index (χ0) is 20.3. The van der Waals surface area contributed by atoms with Gasteiger partial charge in [0.2, 0.25) is 10.0 Å². The van der Waals surface area contributed by atoms with Gasteiger partial charge in [-0.05, 0) is 23.8 Å². The number of aromatic nitrogens is 2. The van der Waals surface area contributed by atoms with Crippen molar-refractivity contribution in [3.05, 3.63) is 66.0 Å². The van der Waals surface area contributed by atoms with Gasteiger partial charge in [-0.3, -0.25) is 9.78 Å². The van der Waals surface area contributed by atoms with Crippen LogP contribution in [0.5, 0.6) is 0 Å². The van der Waals surface area contributed by atoms with Crippen LogP contribution in [0.1, 0.15) is 16.1 Å². The van der Waals surface area contributed by atoms with E-state index in [2.05, 4.69) is 15.3 Å². The van der Waals surface area contributed by atoms with Crippen LogP contribution in [0.4, 0.5) is 0 Å². The predicted octanol–water partition coefficient (Wildman–Crippen LogP) is 1.58. The molecule has 1 aliphatic heterocycles. The molecule has 150 valence electrons. The zero-order valence-corrected chi connectivity index (χ0v) is 16.4. The van der Waals surface area contributed by atoms with Crippen molar-refractivity contribution < 1.29 is 17.9 Å². The lowest BCUT2D eigenvalue weighted by molar-refractivity contribution is 0.0730. The van der Waals surface area contributed by atoms with Gasteiger partial charge in [0.05, 0.1) is 35.3 Å². The molecule has 1 N–H and O–H groups in total. The Bertz CT molecular complexity index is 1140. The molecule has 8 nitrogen and oxygen atoms in total. The molecule has 0 atom stereocenters. The molecule has 29 heavy (non-hydrogen) atoms. The third-order valence-corrected chi connectivity index (χ3v) is 6.68. The zero-order valence-electron chi connectivity index (χ0n) is 15.6. The quantitative estimate of drug-likeness (QED) is 0.683. The van der Waals surface area contributed by atoms with Crippen molar-refractivity contribution in [2.24, 2.45) is 0 Å². The fourth-order valence-electron chi connectivity index (χ4n) is 3.16. The number of fused-ring (bicyclic) bond motifs is 1. The lowest BCUT2D eigenvalue weighted by Crippen LogP contribution is -2.41. The topological polar surface area (TPSA) is 101 Å². The number of rotatable bonds is 5. The molecule has 1 amide bonds. The Morgan fingerprint density at radius 2 is 1.72 bits per heavy atom. The first-order valence-electron chi connectivity index (χ1n) is 9.21. The first-order valence-corrected chi connectivity index (χ1v) is 10.7. The van der Waals surface area contributed by atoms with E-state index < -0.39 is 15.9 Å². The number of nitrogens with one attached hydrogen (secondary N) is 1. The number of benzene rings is 2. The van der Waals surface area contributed by atoms with Gasteiger partial charge in [-0.15, -0.1) is 0 Å². The van der Waals surface area contributed by atoms with Gasteiger partial charge in [-0.25, -0.2) is 13.4 Å². The standard InChI is InChI=1S/C20H20N4O4S/c25-20(18-14-21-16-6-2-3-7-17(16)23-18)22-13-15-5-1-4-8-19(15)29(26,27)24-9-11-28-12-10-24/h1-8,14H,9-13H2,(H,22,25). The summed E-state index contributed by atoms with van der Waals surface area (Å²) in [6.07, 6.45) is 1.41. The fraction of sp³-hybridized carbons (Fsp3) is 0.250. The average Bonchev–Trinajstić information content (AvgIpc) is 2.78. The van der Waals surface area contributed by atoms with Gasteiger partial charge < -0.3 is 10.1 Å². The van der Waals surface area contributed by atoms with Crippen molar-refractivity contribution >= 4 is 27.0 Å². The molecule has 0 saturated carbocycles. The van der Waals surface area contributed by atoms with Gasteiger partial charge in [0, 0.05) is 19.6 Å². The molecule has 1 aliphatic rings. The largest absolute Gasteiger partial charge is 0.379 e. The highest BCUT2D eigenvalue weighted by molar-refractivity contribution is 7.89. The summed E-state index contributed by atoms with van der Waals surface area (Å²) in [5, 5.41) is 2.75. The van der Waals surface area contributed by atoms with E-state index >= 15 is 0 Å². The average molecular weight is 412 g/mol. The Labute approximate surface area is 168 Å². The van der Waals surface area contributed by atoms with Crippen molar-refractivity contribution in [1.82, 2.24) is 19.6 Å². The molecule has 0 spiro atoms. The number of nitrogens with zero attached hydrogens (tertiary/aromatic N) is 3. The number of ether oxygens (including phenoxy) is 1. The summed E-state index contributed by atoms with van der Waals surface area (Å²) >= 11 is 0. The second kappa shape index (κ2) is 8.24. The molecule has 0 aliphatic carbocycles. The summed E-state index contributed by atoms with van der Waals surface area (Å²) < 4.78 is 32.7. The lowest BCUT2D eigenvalue weighted by atomic mass is 10.2. The normalized spacial score (nSPS) is 15.3. The van der Waals surface area contributed by atoms with Crippen molar-refractivity contribution in [2.45, 2.75) is 11.4 Å². The van der Waals surface area contributed by atoms with E-state index in [-0.39, 0.29) is 17.1 Å². The maximum Gasteiger partial charge on any atom is 0.271 e. The monoisotopic (exact) mass is 412 g/mol. The predicted molar refractivity (Wildman–Crippen MR) is 107 cm³/mol. The highest BCUT2D eigenvalue weighted by atomic mass is 32.2. The van der Waals surface area contributed by atoms with Gasteiger partial charge in [0.15, 0.2) is 0 Å². The summed E-state index contributed by atoms with van der Waals surface area (Å²) in [5.74, 6) is -0.415. The summed E-state index contributed by atoms with van der Waals surface area (Å²) in [7, 11) is -3.66. The van der Waals surface area contributed by atoms with Gasteiger partial charge in [-0.1, -0.05) is 30.3 Å². The molecule has 2 aromatic carbocycles. The lowest BCUT2D eigenvalue weighted by Gasteiger charge is -2.27. The Balaban J connectivity index is 1.53. The van der Waals surface area contributed by atoms with Crippen LogP contribution in [0.2, 0.25) is 0 Å². The smallest absolute Gasteiger partial charge is 0.271 e.